The Hall–Kier alpha value is -1.83. The summed E-state index contributed by atoms with van der Waals surface area (Å²) in [6.07, 6.45) is 3.73. The first-order valence-corrected chi connectivity index (χ1v) is 5.00. The van der Waals surface area contributed by atoms with Crippen LogP contribution in [-0.4, -0.2) is 12.0 Å². The van der Waals surface area contributed by atoms with Crippen LogP contribution in [0.25, 0.3) is 11.1 Å². The Balaban J connectivity index is 2.49. The summed E-state index contributed by atoms with van der Waals surface area (Å²) in [6.45, 7) is 2.10. The topological polar surface area (TPSA) is 24.9 Å². The Kier molecular flexibility index (Phi) is 2.68. The van der Waals surface area contributed by atoms with Gasteiger partial charge >= 0.3 is 0 Å². The maximum atomic E-state index is 4.16. The average molecular weight is 198 g/mol. The number of aryl methyl sites for hydroxylation is 1. The van der Waals surface area contributed by atoms with E-state index in [0.717, 1.165) is 5.69 Å². The molecule has 0 fully saturated rings. The number of hydrogen-bond acceptors (Lipinski definition) is 2. The molecule has 0 saturated heterocycles. The summed E-state index contributed by atoms with van der Waals surface area (Å²) in [4.78, 5) is 4.16. The number of pyridine rings is 1. The van der Waals surface area contributed by atoms with E-state index in [4.69, 9.17) is 0 Å². The zero-order chi connectivity index (χ0) is 10.7. The average Bonchev–Trinajstić information content (AvgIpc) is 2.30. The third-order valence-corrected chi connectivity index (χ3v) is 2.50. The fourth-order valence-electron chi connectivity index (χ4n) is 1.61. The van der Waals surface area contributed by atoms with Gasteiger partial charge in [-0.05, 0) is 36.2 Å². The third-order valence-electron chi connectivity index (χ3n) is 2.50. The van der Waals surface area contributed by atoms with Crippen LogP contribution in [0.1, 0.15) is 5.56 Å². The van der Waals surface area contributed by atoms with Crippen LogP contribution in [0.2, 0.25) is 0 Å². The van der Waals surface area contributed by atoms with Gasteiger partial charge in [-0.2, -0.15) is 0 Å². The third kappa shape index (κ3) is 1.99. The molecule has 0 unspecified atom stereocenters. The van der Waals surface area contributed by atoms with Gasteiger partial charge in [0.1, 0.15) is 0 Å². The highest BCUT2D eigenvalue weighted by atomic mass is 14.8. The first kappa shape index (κ1) is 9.71. The molecule has 1 aromatic heterocycles. The molecule has 2 aromatic rings. The molecule has 0 atom stereocenters. The van der Waals surface area contributed by atoms with Gasteiger partial charge in [-0.3, -0.25) is 4.98 Å². The number of nitrogens with one attached hydrogen (secondary N) is 1. The van der Waals surface area contributed by atoms with Gasteiger partial charge in [0.15, 0.2) is 0 Å². The summed E-state index contributed by atoms with van der Waals surface area (Å²) in [5.41, 5.74) is 4.76. The standard InChI is InChI=1S/C13H14N2/c1-10-6-7-15-9-13(10)11-4-3-5-12(8-11)14-2/h3-9,14H,1-2H3. The molecule has 1 heterocycles. The molecule has 76 valence electrons. The molecule has 2 rings (SSSR count). The van der Waals surface area contributed by atoms with Crippen molar-refractivity contribution in [1.82, 2.24) is 4.98 Å². The Morgan fingerprint density at radius 3 is 2.80 bits per heavy atom. The predicted octanol–water partition coefficient (Wildman–Crippen LogP) is 3.10. The molecule has 0 aliphatic carbocycles. The van der Waals surface area contributed by atoms with Crippen molar-refractivity contribution in [3.05, 3.63) is 48.3 Å². The minimum atomic E-state index is 1.12. The van der Waals surface area contributed by atoms with Crippen LogP contribution in [0.15, 0.2) is 42.7 Å². The van der Waals surface area contributed by atoms with Gasteiger partial charge < -0.3 is 5.32 Å². The lowest BCUT2D eigenvalue weighted by molar-refractivity contribution is 1.29. The molecule has 0 aliphatic rings. The van der Waals surface area contributed by atoms with Gasteiger partial charge in [0.2, 0.25) is 0 Å². The lowest BCUT2D eigenvalue weighted by atomic mass is 10.0. The second-order valence-corrected chi connectivity index (χ2v) is 3.52. The lowest BCUT2D eigenvalue weighted by Gasteiger charge is -2.07. The largest absolute Gasteiger partial charge is 0.388 e. The highest BCUT2D eigenvalue weighted by molar-refractivity contribution is 5.69. The summed E-state index contributed by atoms with van der Waals surface area (Å²) < 4.78 is 0. The minimum absolute atomic E-state index is 1.12. The maximum Gasteiger partial charge on any atom is 0.0349 e. The van der Waals surface area contributed by atoms with Crippen molar-refractivity contribution in [2.75, 3.05) is 12.4 Å². The van der Waals surface area contributed by atoms with E-state index >= 15 is 0 Å². The number of hydrogen-bond donors (Lipinski definition) is 1. The van der Waals surface area contributed by atoms with Crippen LogP contribution < -0.4 is 5.32 Å². The first-order chi connectivity index (χ1) is 7.31. The molecular formula is C13H14N2. The van der Waals surface area contributed by atoms with Crippen molar-refractivity contribution in [3.8, 4) is 11.1 Å². The number of benzene rings is 1. The van der Waals surface area contributed by atoms with E-state index in [2.05, 4.69) is 35.4 Å². The molecule has 15 heavy (non-hydrogen) atoms. The summed E-state index contributed by atoms with van der Waals surface area (Å²) in [5.74, 6) is 0. The SMILES string of the molecule is CNc1cccc(-c2cnccc2C)c1. The van der Waals surface area contributed by atoms with Crippen molar-refractivity contribution in [1.29, 1.82) is 0 Å². The van der Waals surface area contributed by atoms with Crippen LogP contribution in [0.5, 0.6) is 0 Å². The van der Waals surface area contributed by atoms with Crippen molar-refractivity contribution < 1.29 is 0 Å². The van der Waals surface area contributed by atoms with Gasteiger partial charge in [0.05, 0.1) is 0 Å². The maximum absolute atomic E-state index is 4.16. The molecule has 1 aromatic carbocycles. The fraction of sp³-hybridized carbons (Fsp3) is 0.154. The van der Waals surface area contributed by atoms with Crippen molar-refractivity contribution in [2.45, 2.75) is 6.92 Å². The summed E-state index contributed by atoms with van der Waals surface area (Å²) in [5, 5.41) is 3.14. The normalized spacial score (nSPS) is 10.0. The van der Waals surface area contributed by atoms with E-state index in [1.165, 1.54) is 16.7 Å². The zero-order valence-corrected chi connectivity index (χ0v) is 8.99. The van der Waals surface area contributed by atoms with Crippen molar-refractivity contribution >= 4 is 5.69 Å². The van der Waals surface area contributed by atoms with Crippen LogP contribution >= 0.6 is 0 Å². The molecule has 0 bridgehead atoms. The molecule has 0 saturated carbocycles. The molecular weight excluding hydrogens is 184 g/mol. The number of anilines is 1. The van der Waals surface area contributed by atoms with E-state index in [0.29, 0.717) is 0 Å². The van der Waals surface area contributed by atoms with Crippen LogP contribution in [0.4, 0.5) is 5.69 Å². The van der Waals surface area contributed by atoms with Gasteiger partial charge in [-0.1, -0.05) is 12.1 Å². The second-order valence-electron chi connectivity index (χ2n) is 3.52. The fourth-order valence-corrected chi connectivity index (χ4v) is 1.61. The molecule has 0 spiro atoms. The van der Waals surface area contributed by atoms with Gasteiger partial charge in [0.25, 0.3) is 0 Å². The van der Waals surface area contributed by atoms with E-state index < -0.39 is 0 Å². The lowest BCUT2D eigenvalue weighted by Crippen LogP contribution is -1.89. The monoisotopic (exact) mass is 198 g/mol. The Bertz CT molecular complexity index is 464. The molecule has 0 radical (unpaired) electrons. The highest BCUT2D eigenvalue weighted by Crippen LogP contribution is 2.24. The predicted molar refractivity (Wildman–Crippen MR) is 64.0 cm³/mol. The molecule has 0 aliphatic heterocycles. The summed E-state index contributed by atoms with van der Waals surface area (Å²) in [7, 11) is 1.93. The molecule has 0 amide bonds. The van der Waals surface area contributed by atoms with Gasteiger partial charge in [-0.25, -0.2) is 0 Å². The summed E-state index contributed by atoms with van der Waals surface area (Å²) in [6, 6.07) is 10.4. The Labute approximate surface area is 90.0 Å². The van der Waals surface area contributed by atoms with Crippen molar-refractivity contribution in [3.63, 3.8) is 0 Å². The second kappa shape index (κ2) is 4.13. The smallest absolute Gasteiger partial charge is 0.0349 e. The Morgan fingerprint density at radius 1 is 1.20 bits per heavy atom. The van der Waals surface area contributed by atoms with Crippen LogP contribution in [-0.2, 0) is 0 Å². The minimum Gasteiger partial charge on any atom is -0.388 e. The van der Waals surface area contributed by atoms with E-state index in [1.807, 2.05) is 31.6 Å². The number of nitrogens with zero attached hydrogens (tertiary/aromatic N) is 1. The summed E-state index contributed by atoms with van der Waals surface area (Å²) >= 11 is 0. The van der Waals surface area contributed by atoms with Gasteiger partial charge in [-0.15, -0.1) is 0 Å². The van der Waals surface area contributed by atoms with Crippen molar-refractivity contribution in [2.24, 2.45) is 0 Å². The quantitative estimate of drug-likeness (QED) is 0.802. The first-order valence-electron chi connectivity index (χ1n) is 5.00. The molecule has 2 nitrogen and oxygen atoms in total. The molecule has 1 N–H and O–H groups in total. The van der Waals surface area contributed by atoms with E-state index in [1.54, 1.807) is 0 Å². The van der Waals surface area contributed by atoms with Gasteiger partial charge in [0, 0.05) is 30.7 Å². The number of rotatable bonds is 2. The number of aromatic nitrogens is 1. The highest BCUT2D eigenvalue weighted by Gasteiger charge is 2.01. The van der Waals surface area contributed by atoms with E-state index in [9.17, 15) is 0 Å². The molecule has 2 heteroatoms. The van der Waals surface area contributed by atoms with Crippen LogP contribution in [0, 0.1) is 6.92 Å². The zero-order valence-electron chi connectivity index (χ0n) is 8.99. The van der Waals surface area contributed by atoms with Crippen LogP contribution in [0.3, 0.4) is 0 Å². The Morgan fingerprint density at radius 2 is 2.07 bits per heavy atom. The van der Waals surface area contributed by atoms with E-state index in [-0.39, 0.29) is 0 Å².